The van der Waals surface area contributed by atoms with E-state index in [9.17, 15) is 31.1 Å². The molecule has 0 amide bonds. The Morgan fingerprint density at radius 2 is 1.73 bits per heavy atom. The van der Waals surface area contributed by atoms with Crippen LogP contribution in [0.5, 0.6) is 5.75 Å². The van der Waals surface area contributed by atoms with Crippen LogP contribution in [0.25, 0.3) is 0 Å². The quantitative estimate of drug-likeness (QED) is 0.412. The molecule has 1 atom stereocenters. The van der Waals surface area contributed by atoms with Gasteiger partial charge in [-0.1, -0.05) is 23.2 Å². The number of nitrogens with zero attached hydrogens (tertiary/aromatic N) is 4. The monoisotopic (exact) mass is 518 g/mol. The smallest absolute Gasteiger partial charge is 0.436 e. The Hall–Kier alpha value is -2.18. The molecule has 0 radical (unpaired) electrons. The number of rotatable bonds is 6. The van der Waals surface area contributed by atoms with Crippen molar-refractivity contribution in [2.24, 2.45) is 0 Å². The summed E-state index contributed by atoms with van der Waals surface area (Å²) in [5, 5.41) is 1.92. The molecule has 0 spiro atoms. The van der Waals surface area contributed by atoms with Gasteiger partial charge in [-0.2, -0.15) is 31.4 Å². The van der Waals surface area contributed by atoms with Crippen LogP contribution in [0.3, 0.4) is 0 Å². The summed E-state index contributed by atoms with van der Waals surface area (Å²) in [7, 11) is 1.47. The van der Waals surface area contributed by atoms with Crippen LogP contribution in [0.15, 0.2) is 18.2 Å². The number of benzene rings is 1. The van der Waals surface area contributed by atoms with Gasteiger partial charge in [0.2, 0.25) is 0 Å². The number of methoxy groups -OCH3 is 1. The highest BCUT2D eigenvalue weighted by molar-refractivity contribution is 6.32. The standard InChI is InChI=1S/C19H18Cl2F6N4O2/c1-33-14-8-11(2-3-13(14)20)29-4-6-30(7-5-29)12(10-32)9-31-17(19(25,26)27)15(21)16(28-31)18(22,23)24/h2-3,8,10,12H,4-7,9H2,1H3. The number of carbonyl (C=O) groups excluding carboxylic acids is 1. The molecule has 1 aliphatic heterocycles. The van der Waals surface area contributed by atoms with Crippen LogP contribution in [0.1, 0.15) is 11.4 Å². The second-order valence-electron chi connectivity index (χ2n) is 7.23. The van der Waals surface area contributed by atoms with Crippen molar-refractivity contribution in [3.63, 3.8) is 0 Å². The van der Waals surface area contributed by atoms with E-state index in [0.717, 1.165) is 5.69 Å². The molecule has 0 aliphatic carbocycles. The lowest BCUT2D eigenvalue weighted by atomic mass is 10.2. The molecule has 2 aromatic rings. The second-order valence-corrected chi connectivity index (χ2v) is 8.02. The number of halogens is 8. The van der Waals surface area contributed by atoms with Gasteiger partial charge in [-0.3, -0.25) is 9.58 Å². The average Bonchev–Trinajstić information content (AvgIpc) is 3.09. The Bertz CT molecular complexity index is 1000. The molecule has 1 aliphatic rings. The first-order valence-electron chi connectivity index (χ1n) is 9.55. The molecule has 1 aromatic carbocycles. The summed E-state index contributed by atoms with van der Waals surface area (Å²) in [6, 6.07) is 4.03. The van der Waals surface area contributed by atoms with Gasteiger partial charge < -0.3 is 14.4 Å². The lowest BCUT2D eigenvalue weighted by Crippen LogP contribution is -2.52. The minimum absolute atomic E-state index is 0.112. The zero-order valence-electron chi connectivity index (χ0n) is 17.1. The highest BCUT2D eigenvalue weighted by Crippen LogP contribution is 2.42. The van der Waals surface area contributed by atoms with Gasteiger partial charge in [0.25, 0.3) is 0 Å². The summed E-state index contributed by atoms with van der Waals surface area (Å²) in [5.41, 5.74) is -2.79. The largest absolute Gasteiger partial charge is 0.495 e. The first-order chi connectivity index (χ1) is 15.4. The van der Waals surface area contributed by atoms with E-state index in [-0.39, 0.29) is 17.8 Å². The van der Waals surface area contributed by atoms with Crippen molar-refractivity contribution >= 4 is 35.2 Å². The molecule has 33 heavy (non-hydrogen) atoms. The minimum Gasteiger partial charge on any atom is -0.495 e. The van der Waals surface area contributed by atoms with Gasteiger partial charge in [0.05, 0.1) is 24.7 Å². The number of carbonyl (C=O) groups is 1. The summed E-state index contributed by atoms with van der Waals surface area (Å²) in [6.45, 7) is 0.639. The number of alkyl halides is 6. The van der Waals surface area contributed by atoms with Crippen LogP contribution in [0, 0.1) is 0 Å². The SMILES string of the molecule is COc1cc(N2CCN(C(C=O)Cn3nc(C(F)(F)F)c(Cl)c3C(F)(F)F)CC2)ccc1Cl. The summed E-state index contributed by atoms with van der Waals surface area (Å²) in [6.07, 6.45) is -9.97. The Labute approximate surface area is 194 Å². The fraction of sp³-hybridized carbons (Fsp3) is 0.474. The van der Waals surface area contributed by atoms with Gasteiger partial charge in [0.15, 0.2) is 11.4 Å². The number of hydrogen-bond acceptors (Lipinski definition) is 5. The van der Waals surface area contributed by atoms with Crippen molar-refractivity contribution in [1.82, 2.24) is 14.7 Å². The van der Waals surface area contributed by atoms with E-state index in [2.05, 4.69) is 5.10 Å². The first-order valence-corrected chi connectivity index (χ1v) is 10.3. The number of piperazine rings is 1. The third kappa shape index (κ3) is 5.49. The molecular weight excluding hydrogens is 501 g/mol. The molecule has 182 valence electrons. The number of anilines is 1. The molecule has 1 saturated heterocycles. The van der Waals surface area contributed by atoms with Gasteiger partial charge in [-0.05, 0) is 12.1 Å². The van der Waals surface area contributed by atoms with Crippen LogP contribution in [-0.4, -0.2) is 60.3 Å². The van der Waals surface area contributed by atoms with E-state index < -0.39 is 41.3 Å². The highest BCUT2D eigenvalue weighted by atomic mass is 35.5. The molecule has 14 heteroatoms. The van der Waals surface area contributed by atoms with Crippen molar-refractivity contribution in [2.75, 3.05) is 38.2 Å². The van der Waals surface area contributed by atoms with Crippen LogP contribution < -0.4 is 9.64 Å². The van der Waals surface area contributed by atoms with Crippen molar-refractivity contribution in [2.45, 2.75) is 24.9 Å². The fourth-order valence-corrected chi connectivity index (χ4v) is 4.15. The predicted octanol–water partition coefficient (Wildman–Crippen LogP) is 4.63. The summed E-state index contributed by atoms with van der Waals surface area (Å²) in [5.74, 6) is 0.470. The fourth-order valence-electron chi connectivity index (χ4n) is 3.60. The van der Waals surface area contributed by atoms with Gasteiger partial charge in [0.1, 0.15) is 17.1 Å². The second kappa shape index (κ2) is 9.59. The Kier molecular flexibility index (Phi) is 7.39. The Morgan fingerprint density at radius 1 is 1.09 bits per heavy atom. The lowest BCUT2D eigenvalue weighted by molar-refractivity contribution is -0.145. The molecular formula is C19H18Cl2F6N4O2. The maximum absolute atomic E-state index is 13.4. The van der Waals surface area contributed by atoms with Gasteiger partial charge >= 0.3 is 12.4 Å². The Balaban J connectivity index is 1.77. The molecule has 0 saturated carbocycles. The molecule has 0 bridgehead atoms. The maximum Gasteiger partial charge on any atom is 0.436 e. The van der Waals surface area contributed by atoms with Crippen LogP contribution in [0.2, 0.25) is 10.0 Å². The zero-order valence-corrected chi connectivity index (χ0v) is 18.6. The molecule has 1 fully saturated rings. The van der Waals surface area contributed by atoms with E-state index in [4.69, 9.17) is 27.9 Å². The molecule has 1 unspecified atom stereocenters. The number of aldehydes is 1. The van der Waals surface area contributed by atoms with Crippen molar-refractivity contribution < 1.29 is 35.9 Å². The van der Waals surface area contributed by atoms with E-state index >= 15 is 0 Å². The molecule has 3 rings (SSSR count). The van der Waals surface area contributed by atoms with Gasteiger partial charge in [0, 0.05) is 37.9 Å². The number of hydrogen-bond donors (Lipinski definition) is 0. The van der Waals surface area contributed by atoms with E-state index in [0.29, 0.717) is 30.1 Å². The molecule has 1 aromatic heterocycles. The zero-order chi connectivity index (χ0) is 24.6. The summed E-state index contributed by atoms with van der Waals surface area (Å²) < 4.78 is 84.7. The van der Waals surface area contributed by atoms with Crippen molar-refractivity contribution in [3.8, 4) is 5.75 Å². The van der Waals surface area contributed by atoms with Gasteiger partial charge in [-0.25, -0.2) is 0 Å². The molecule has 2 heterocycles. The predicted molar refractivity (Wildman–Crippen MR) is 109 cm³/mol. The summed E-state index contributed by atoms with van der Waals surface area (Å²) >= 11 is 11.4. The van der Waals surface area contributed by atoms with Crippen molar-refractivity contribution in [3.05, 3.63) is 39.6 Å². The number of aromatic nitrogens is 2. The van der Waals surface area contributed by atoms with Crippen LogP contribution in [0.4, 0.5) is 32.0 Å². The molecule has 0 N–H and O–H groups in total. The average molecular weight is 519 g/mol. The van der Waals surface area contributed by atoms with E-state index in [1.165, 1.54) is 7.11 Å². The minimum atomic E-state index is -5.19. The van der Waals surface area contributed by atoms with Crippen LogP contribution in [-0.2, 0) is 23.7 Å². The normalized spacial score (nSPS) is 16.7. The van der Waals surface area contributed by atoms with Crippen molar-refractivity contribution in [1.29, 1.82) is 0 Å². The third-order valence-corrected chi connectivity index (χ3v) is 5.90. The molecule has 6 nitrogen and oxygen atoms in total. The van der Waals surface area contributed by atoms with E-state index in [1.54, 1.807) is 23.1 Å². The van der Waals surface area contributed by atoms with E-state index in [1.807, 2.05) is 4.90 Å². The number of ether oxygens (including phenoxy) is 1. The van der Waals surface area contributed by atoms with Crippen LogP contribution >= 0.6 is 23.2 Å². The lowest BCUT2D eigenvalue weighted by Gasteiger charge is -2.38. The summed E-state index contributed by atoms with van der Waals surface area (Å²) in [4.78, 5) is 15.2. The maximum atomic E-state index is 13.4. The highest BCUT2D eigenvalue weighted by Gasteiger charge is 2.46. The topological polar surface area (TPSA) is 50.6 Å². The first kappa shape index (κ1) is 25.4. The Morgan fingerprint density at radius 3 is 2.24 bits per heavy atom. The third-order valence-electron chi connectivity index (χ3n) is 5.23. The van der Waals surface area contributed by atoms with Gasteiger partial charge in [-0.15, -0.1) is 0 Å².